The van der Waals surface area contributed by atoms with E-state index in [1.165, 1.54) is 6.07 Å². The van der Waals surface area contributed by atoms with Gasteiger partial charge >= 0.3 is 5.00 Å². The van der Waals surface area contributed by atoms with Crippen molar-refractivity contribution >= 4 is 22.2 Å². The first-order valence-corrected chi connectivity index (χ1v) is 6.15. The smallest absolute Gasteiger partial charge is 0.324 e. The Bertz CT molecular complexity index is 405. The average Bonchev–Trinajstić information content (AvgIpc) is 2.75. The summed E-state index contributed by atoms with van der Waals surface area (Å²) in [5, 5.41) is 18.0. The maximum Gasteiger partial charge on any atom is 0.324 e. The van der Waals surface area contributed by atoms with Gasteiger partial charge in [-0.3, -0.25) is 14.9 Å². The molecule has 7 heteroatoms. The minimum absolute atomic E-state index is 0.0720. The molecule has 0 aliphatic heterocycles. The first-order valence-electron chi connectivity index (χ1n) is 5.27. The number of likely N-dealkylation sites (N-methyl/N-ethyl adjacent to an activating group) is 1. The van der Waals surface area contributed by atoms with Gasteiger partial charge < -0.3 is 10.6 Å². The third kappa shape index (κ3) is 4.12. The lowest BCUT2D eigenvalue weighted by Gasteiger charge is -2.12. The minimum atomic E-state index is -0.415. The third-order valence-electron chi connectivity index (χ3n) is 2.18. The van der Waals surface area contributed by atoms with Crippen LogP contribution in [0.25, 0.3) is 0 Å². The summed E-state index contributed by atoms with van der Waals surface area (Å²) in [5.41, 5.74) is 0.817. The number of nitrogens with one attached hydrogen (secondary N) is 2. The van der Waals surface area contributed by atoms with Gasteiger partial charge in [0.05, 0.1) is 11.0 Å². The van der Waals surface area contributed by atoms with Crippen LogP contribution in [0.1, 0.15) is 19.4 Å². The first kappa shape index (κ1) is 13.6. The highest BCUT2D eigenvalue weighted by Crippen LogP contribution is 2.22. The molecule has 6 nitrogen and oxygen atoms in total. The summed E-state index contributed by atoms with van der Waals surface area (Å²) < 4.78 is 0. The van der Waals surface area contributed by atoms with Gasteiger partial charge in [0.15, 0.2) is 0 Å². The van der Waals surface area contributed by atoms with Crippen LogP contribution in [0.5, 0.6) is 0 Å². The molecule has 0 radical (unpaired) electrons. The molecule has 0 bridgehead atoms. The fraction of sp³-hybridized carbons (Fsp3) is 0.500. The molecule has 0 aliphatic rings. The third-order valence-corrected chi connectivity index (χ3v) is 3.11. The van der Waals surface area contributed by atoms with E-state index in [4.69, 9.17) is 0 Å². The summed E-state index contributed by atoms with van der Waals surface area (Å²) in [4.78, 5) is 21.5. The molecule has 0 fully saturated rings. The second-order valence-corrected chi connectivity index (χ2v) is 4.44. The van der Waals surface area contributed by atoms with Gasteiger partial charge in [0.25, 0.3) is 0 Å². The maximum atomic E-state index is 11.4. The zero-order chi connectivity index (χ0) is 12.8. The Morgan fingerprint density at radius 1 is 1.65 bits per heavy atom. The Kier molecular flexibility index (Phi) is 5.05. The SMILES string of the molecule is CCNC(=O)C(C)NCc1csc([N+](=O)[O-])c1. The molecule has 1 aromatic rings. The lowest BCUT2D eigenvalue weighted by Crippen LogP contribution is -2.41. The number of nitrogens with zero attached hydrogens (tertiary/aromatic N) is 1. The molecule has 0 saturated heterocycles. The van der Waals surface area contributed by atoms with Crippen molar-refractivity contribution < 1.29 is 9.72 Å². The van der Waals surface area contributed by atoms with E-state index in [1.54, 1.807) is 12.3 Å². The van der Waals surface area contributed by atoms with Crippen molar-refractivity contribution in [1.29, 1.82) is 0 Å². The van der Waals surface area contributed by atoms with Gasteiger partial charge in [0, 0.05) is 24.5 Å². The summed E-state index contributed by atoms with van der Waals surface area (Å²) in [7, 11) is 0. The summed E-state index contributed by atoms with van der Waals surface area (Å²) >= 11 is 1.09. The van der Waals surface area contributed by atoms with Crippen molar-refractivity contribution in [2.45, 2.75) is 26.4 Å². The summed E-state index contributed by atoms with van der Waals surface area (Å²) in [6, 6.07) is 1.20. The van der Waals surface area contributed by atoms with Gasteiger partial charge in [-0.1, -0.05) is 11.3 Å². The number of amides is 1. The molecule has 0 spiro atoms. The van der Waals surface area contributed by atoms with Crippen LogP contribution < -0.4 is 10.6 Å². The van der Waals surface area contributed by atoms with Crippen LogP contribution in [0.2, 0.25) is 0 Å². The molecule has 1 unspecified atom stereocenters. The first-order chi connectivity index (χ1) is 8.04. The van der Waals surface area contributed by atoms with E-state index in [0.29, 0.717) is 13.1 Å². The van der Waals surface area contributed by atoms with E-state index in [-0.39, 0.29) is 17.0 Å². The minimum Gasteiger partial charge on any atom is -0.355 e. The number of hydrogen-bond acceptors (Lipinski definition) is 5. The van der Waals surface area contributed by atoms with Gasteiger partial charge in [-0.15, -0.1) is 0 Å². The van der Waals surface area contributed by atoms with Crippen LogP contribution >= 0.6 is 11.3 Å². The van der Waals surface area contributed by atoms with Crippen molar-refractivity contribution in [3.63, 3.8) is 0 Å². The molecule has 0 saturated carbocycles. The number of rotatable bonds is 6. The van der Waals surface area contributed by atoms with Crippen LogP contribution in [0.4, 0.5) is 5.00 Å². The molecule has 0 aliphatic carbocycles. The van der Waals surface area contributed by atoms with Crippen LogP contribution in [-0.2, 0) is 11.3 Å². The van der Waals surface area contributed by atoms with Crippen molar-refractivity contribution in [3.8, 4) is 0 Å². The van der Waals surface area contributed by atoms with E-state index >= 15 is 0 Å². The predicted octanol–water partition coefficient (Wildman–Crippen LogP) is 1.27. The number of carbonyl (C=O) groups excluding carboxylic acids is 1. The van der Waals surface area contributed by atoms with Gasteiger partial charge in [-0.2, -0.15) is 0 Å². The summed E-state index contributed by atoms with van der Waals surface area (Å²) in [6.45, 7) is 4.65. The molecular formula is C10H15N3O3S. The van der Waals surface area contributed by atoms with Gasteiger partial charge in [0.1, 0.15) is 0 Å². The molecule has 94 valence electrons. The van der Waals surface area contributed by atoms with E-state index in [2.05, 4.69) is 10.6 Å². The molecule has 1 amide bonds. The highest BCUT2D eigenvalue weighted by atomic mass is 32.1. The molecule has 17 heavy (non-hydrogen) atoms. The van der Waals surface area contributed by atoms with Crippen LogP contribution in [0.15, 0.2) is 11.4 Å². The Balaban J connectivity index is 2.44. The fourth-order valence-corrected chi connectivity index (χ4v) is 1.97. The van der Waals surface area contributed by atoms with Gasteiger partial charge in [-0.25, -0.2) is 0 Å². The Hall–Kier alpha value is -1.47. The monoisotopic (exact) mass is 257 g/mol. The van der Waals surface area contributed by atoms with Crippen molar-refractivity contribution in [2.24, 2.45) is 0 Å². The number of nitro groups is 1. The molecule has 1 heterocycles. The maximum absolute atomic E-state index is 11.4. The van der Waals surface area contributed by atoms with Crippen molar-refractivity contribution in [2.75, 3.05) is 6.54 Å². The van der Waals surface area contributed by atoms with Gasteiger partial charge in [-0.05, 0) is 19.4 Å². The van der Waals surface area contributed by atoms with E-state index in [9.17, 15) is 14.9 Å². The predicted molar refractivity (Wildman–Crippen MR) is 66.0 cm³/mol. The number of hydrogen-bond donors (Lipinski definition) is 2. The zero-order valence-corrected chi connectivity index (χ0v) is 10.5. The number of carbonyl (C=O) groups is 1. The second-order valence-electron chi connectivity index (χ2n) is 3.55. The van der Waals surface area contributed by atoms with E-state index in [0.717, 1.165) is 16.9 Å². The molecule has 1 rings (SSSR count). The Labute approximate surface area is 103 Å². The topological polar surface area (TPSA) is 84.3 Å². The average molecular weight is 257 g/mol. The van der Waals surface area contributed by atoms with Crippen molar-refractivity contribution in [1.82, 2.24) is 10.6 Å². The molecular weight excluding hydrogens is 242 g/mol. The zero-order valence-electron chi connectivity index (χ0n) is 9.73. The van der Waals surface area contributed by atoms with Crippen LogP contribution in [0.3, 0.4) is 0 Å². The summed E-state index contributed by atoms with van der Waals surface area (Å²) in [5.74, 6) is -0.0720. The molecule has 1 aromatic heterocycles. The molecule has 1 atom stereocenters. The second kappa shape index (κ2) is 6.31. The summed E-state index contributed by atoms with van der Waals surface area (Å²) in [6.07, 6.45) is 0. The lowest BCUT2D eigenvalue weighted by molar-refractivity contribution is -0.380. The van der Waals surface area contributed by atoms with Gasteiger partial charge in [0.2, 0.25) is 5.91 Å². The van der Waals surface area contributed by atoms with Crippen molar-refractivity contribution in [3.05, 3.63) is 27.1 Å². The molecule has 0 aromatic carbocycles. The van der Waals surface area contributed by atoms with Crippen LogP contribution in [-0.4, -0.2) is 23.4 Å². The Morgan fingerprint density at radius 2 is 2.35 bits per heavy atom. The highest BCUT2D eigenvalue weighted by molar-refractivity contribution is 7.13. The van der Waals surface area contributed by atoms with E-state index < -0.39 is 4.92 Å². The molecule has 2 N–H and O–H groups in total. The quantitative estimate of drug-likeness (QED) is 0.593. The lowest BCUT2D eigenvalue weighted by atomic mass is 10.2. The fourth-order valence-electron chi connectivity index (χ4n) is 1.24. The Morgan fingerprint density at radius 3 is 2.88 bits per heavy atom. The normalized spacial score (nSPS) is 12.1. The highest BCUT2D eigenvalue weighted by Gasteiger charge is 2.13. The van der Waals surface area contributed by atoms with Crippen LogP contribution in [0, 0.1) is 10.1 Å². The standard InChI is InChI=1S/C10H15N3O3S/c1-3-11-10(14)7(2)12-5-8-4-9(13(15)16)17-6-8/h4,6-7,12H,3,5H2,1-2H3,(H,11,14). The van der Waals surface area contributed by atoms with E-state index in [1.807, 2.05) is 6.92 Å². The largest absolute Gasteiger partial charge is 0.355 e. The number of thiophene rings is 1.